The van der Waals surface area contributed by atoms with Crippen molar-refractivity contribution >= 4 is 40.0 Å². The van der Waals surface area contributed by atoms with E-state index >= 15 is 0 Å². The number of aryl methyl sites for hydroxylation is 1. The summed E-state index contributed by atoms with van der Waals surface area (Å²) in [5.74, 6) is 0.964. The van der Waals surface area contributed by atoms with Gasteiger partial charge < -0.3 is 14.6 Å². The van der Waals surface area contributed by atoms with Gasteiger partial charge >= 0.3 is 5.97 Å². The van der Waals surface area contributed by atoms with Crippen molar-refractivity contribution in [1.29, 1.82) is 0 Å². The van der Waals surface area contributed by atoms with E-state index in [4.69, 9.17) is 4.74 Å². The van der Waals surface area contributed by atoms with Gasteiger partial charge in [0.05, 0.1) is 18.4 Å². The highest BCUT2D eigenvalue weighted by Crippen LogP contribution is 2.33. The highest BCUT2D eigenvalue weighted by atomic mass is 32.2. The van der Waals surface area contributed by atoms with Crippen molar-refractivity contribution in [2.45, 2.75) is 63.1 Å². The van der Waals surface area contributed by atoms with E-state index in [0.717, 1.165) is 35.1 Å². The predicted octanol–water partition coefficient (Wildman–Crippen LogP) is 4.65. The number of thioether (sulfide) groups is 1. The van der Waals surface area contributed by atoms with Crippen LogP contribution < -0.4 is 5.32 Å². The van der Waals surface area contributed by atoms with Gasteiger partial charge in [0, 0.05) is 17.3 Å². The monoisotopic (exact) mass is 448 g/mol. The minimum Gasteiger partial charge on any atom is -0.465 e. The third-order valence-corrected chi connectivity index (χ3v) is 7.31. The van der Waals surface area contributed by atoms with Gasteiger partial charge in [-0.2, -0.15) is 0 Å². The molecule has 1 aliphatic carbocycles. The van der Waals surface area contributed by atoms with E-state index in [-0.39, 0.29) is 11.7 Å². The Labute approximate surface area is 185 Å². The molecule has 7 nitrogen and oxygen atoms in total. The molecule has 1 saturated carbocycles. The van der Waals surface area contributed by atoms with Gasteiger partial charge in [0.25, 0.3) is 0 Å². The van der Waals surface area contributed by atoms with Crippen molar-refractivity contribution in [2.75, 3.05) is 18.2 Å². The van der Waals surface area contributed by atoms with Crippen LogP contribution in [0.2, 0.25) is 0 Å². The largest absolute Gasteiger partial charge is 0.465 e. The predicted molar refractivity (Wildman–Crippen MR) is 120 cm³/mol. The van der Waals surface area contributed by atoms with E-state index < -0.39 is 5.97 Å². The zero-order valence-corrected chi connectivity index (χ0v) is 19.1. The SMILES string of the molecule is C=CCn1c(SCC(=O)Nc2sc(CC)cc2C(=O)OC)nnc1C1CCCCC1. The molecule has 0 spiro atoms. The lowest BCUT2D eigenvalue weighted by Gasteiger charge is -2.21. The maximum absolute atomic E-state index is 12.6. The average molecular weight is 449 g/mol. The number of esters is 1. The summed E-state index contributed by atoms with van der Waals surface area (Å²) < 4.78 is 6.90. The number of aromatic nitrogens is 3. The van der Waals surface area contributed by atoms with E-state index in [1.807, 2.05) is 13.0 Å². The number of anilines is 1. The van der Waals surface area contributed by atoms with Gasteiger partial charge in [0.2, 0.25) is 5.91 Å². The van der Waals surface area contributed by atoms with Crippen LogP contribution in [0.3, 0.4) is 0 Å². The summed E-state index contributed by atoms with van der Waals surface area (Å²) in [7, 11) is 1.34. The number of methoxy groups -OCH3 is 1. The number of rotatable bonds is 9. The average Bonchev–Trinajstić information content (AvgIpc) is 3.36. The van der Waals surface area contributed by atoms with Gasteiger partial charge in [-0.1, -0.05) is 44.0 Å². The topological polar surface area (TPSA) is 86.1 Å². The summed E-state index contributed by atoms with van der Waals surface area (Å²) in [6.45, 7) is 6.48. The van der Waals surface area contributed by atoms with E-state index in [0.29, 0.717) is 23.0 Å². The highest BCUT2D eigenvalue weighted by Gasteiger charge is 2.24. The number of amides is 1. The van der Waals surface area contributed by atoms with Crippen LogP contribution in [0, 0.1) is 0 Å². The van der Waals surface area contributed by atoms with Crippen molar-refractivity contribution in [3.8, 4) is 0 Å². The number of allylic oxidation sites excluding steroid dienone is 1. The molecule has 1 aliphatic rings. The minimum atomic E-state index is -0.447. The Hall–Kier alpha value is -2.13. The summed E-state index contributed by atoms with van der Waals surface area (Å²) in [6, 6.07) is 1.77. The summed E-state index contributed by atoms with van der Waals surface area (Å²) in [4.78, 5) is 25.6. The van der Waals surface area contributed by atoms with Gasteiger partial charge in [-0.25, -0.2) is 4.79 Å². The third-order valence-electron chi connectivity index (χ3n) is 5.15. The lowest BCUT2D eigenvalue weighted by Crippen LogP contribution is -2.16. The summed E-state index contributed by atoms with van der Waals surface area (Å²) >= 11 is 2.75. The molecule has 0 unspecified atom stereocenters. The van der Waals surface area contributed by atoms with Crippen LogP contribution in [0.4, 0.5) is 5.00 Å². The zero-order valence-electron chi connectivity index (χ0n) is 17.5. The second kappa shape index (κ2) is 10.8. The van der Waals surface area contributed by atoms with Crippen LogP contribution in [0.15, 0.2) is 23.9 Å². The van der Waals surface area contributed by atoms with Gasteiger partial charge in [0.1, 0.15) is 10.8 Å². The lowest BCUT2D eigenvalue weighted by atomic mass is 9.89. The molecule has 1 N–H and O–H groups in total. The maximum atomic E-state index is 12.6. The van der Waals surface area contributed by atoms with Crippen molar-refractivity contribution in [3.63, 3.8) is 0 Å². The normalized spacial score (nSPS) is 14.5. The Morgan fingerprint density at radius 1 is 1.37 bits per heavy atom. The lowest BCUT2D eigenvalue weighted by molar-refractivity contribution is -0.113. The van der Waals surface area contributed by atoms with E-state index in [1.54, 1.807) is 6.07 Å². The summed E-state index contributed by atoms with van der Waals surface area (Å²) in [6.07, 6.45) is 8.61. The van der Waals surface area contributed by atoms with E-state index in [1.165, 1.54) is 49.5 Å². The molecule has 0 aromatic carbocycles. The molecule has 1 amide bonds. The quantitative estimate of drug-likeness (QED) is 0.341. The van der Waals surface area contributed by atoms with Crippen LogP contribution >= 0.6 is 23.1 Å². The van der Waals surface area contributed by atoms with Crippen LogP contribution in [-0.4, -0.2) is 39.5 Å². The Morgan fingerprint density at radius 2 is 2.13 bits per heavy atom. The maximum Gasteiger partial charge on any atom is 0.340 e. The summed E-state index contributed by atoms with van der Waals surface area (Å²) in [5, 5.41) is 12.9. The van der Waals surface area contributed by atoms with Gasteiger partial charge in [-0.15, -0.1) is 28.1 Å². The second-order valence-electron chi connectivity index (χ2n) is 7.21. The van der Waals surface area contributed by atoms with Gasteiger partial charge in [-0.3, -0.25) is 4.79 Å². The number of thiophene rings is 1. The molecular formula is C21H28N4O3S2. The first kappa shape index (κ1) is 22.6. The number of carbonyl (C=O) groups is 2. The summed E-state index contributed by atoms with van der Waals surface area (Å²) in [5.41, 5.74) is 0.395. The molecule has 0 atom stereocenters. The minimum absolute atomic E-state index is 0.180. The first-order chi connectivity index (χ1) is 14.6. The van der Waals surface area contributed by atoms with Crippen molar-refractivity contribution in [1.82, 2.24) is 14.8 Å². The standard InChI is InChI=1S/C21H28N4O3S2/c1-4-11-25-18(14-9-7-6-8-10-14)23-24-21(25)29-13-17(26)22-19-16(20(27)28-3)12-15(5-2)30-19/h4,12,14H,1,5-11,13H2,2-3H3,(H,22,26). The Morgan fingerprint density at radius 3 is 2.80 bits per heavy atom. The number of hydrogen-bond donors (Lipinski definition) is 1. The number of hydrogen-bond acceptors (Lipinski definition) is 7. The van der Waals surface area contributed by atoms with Crippen molar-refractivity contribution in [2.24, 2.45) is 0 Å². The molecule has 1 fully saturated rings. The molecule has 0 saturated heterocycles. The number of ether oxygens (including phenoxy) is 1. The first-order valence-corrected chi connectivity index (χ1v) is 12.0. The number of nitrogens with zero attached hydrogens (tertiary/aromatic N) is 3. The fourth-order valence-corrected chi connectivity index (χ4v) is 5.39. The highest BCUT2D eigenvalue weighted by molar-refractivity contribution is 7.99. The van der Waals surface area contributed by atoms with Crippen molar-refractivity contribution in [3.05, 3.63) is 35.0 Å². The molecule has 162 valence electrons. The van der Waals surface area contributed by atoms with Crippen LogP contribution in [0.25, 0.3) is 0 Å². The van der Waals surface area contributed by atoms with E-state index in [2.05, 4.69) is 26.7 Å². The number of carbonyl (C=O) groups excluding carboxylic acids is 2. The smallest absolute Gasteiger partial charge is 0.340 e. The molecule has 0 radical (unpaired) electrons. The van der Waals surface area contributed by atoms with Gasteiger partial charge in [-0.05, 0) is 25.3 Å². The number of nitrogens with one attached hydrogen (secondary N) is 1. The molecule has 30 heavy (non-hydrogen) atoms. The molecule has 2 heterocycles. The third kappa shape index (κ3) is 5.31. The molecule has 2 aromatic rings. The van der Waals surface area contributed by atoms with Crippen molar-refractivity contribution < 1.29 is 14.3 Å². The second-order valence-corrected chi connectivity index (χ2v) is 9.29. The van der Waals surface area contributed by atoms with Crippen LogP contribution in [0.1, 0.15) is 66.0 Å². The van der Waals surface area contributed by atoms with Crippen LogP contribution in [-0.2, 0) is 22.5 Å². The fraction of sp³-hybridized carbons (Fsp3) is 0.524. The van der Waals surface area contributed by atoms with Crippen LogP contribution in [0.5, 0.6) is 0 Å². The van der Waals surface area contributed by atoms with E-state index in [9.17, 15) is 9.59 Å². The first-order valence-electron chi connectivity index (χ1n) is 10.2. The zero-order chi connectivity index (χ0) is 21.5. The van der Waals surface area contributed by atoms with Gasteiger partial charge in [0.15, 0.2) is 5.16 Å². The molecule has 0 aliphatic heterocycles. The Kier molecular flexibility index (Phi) is 8.09. The fourth-order valence-electron chi connectivity index (χ4n) is 3.63. The molecule has 2 aromatic heterocycles. The molecular weight excluding hydrogens is 420 g/mol. The molecule has 3 rings (SSSR count). The molecule has 0 bridgehead atoms. The Balaban J connectivity index is 1.67. The molecule has 9 heteroatoms. The Bertz CT molecular complexity index is 900.